The van der Waals surface area contributed by atoms with E-state index in [1.54, 1.807) is 0 Å². The molecule has 0 aromatic heterocycles. The van der Waals surface area contributed by atoms with Gasteiger partial charge in [0.05, 0.1) is 22.3 Å². The topological polar surface area (TPSA) is 74.6 Å². The number of carboxylic acid groups (broad SMARTS) is 2. The summed E-state index contributed by atoms with van der Waals surface area (Å²) in [5.74, 6) is 6.70. The molecule has 3 rings (SSSR count). The molecule has 0 saturated carbocycles. The second-order valence-electron chi connectivity index (χ2n) is 6.08. The van der Waals surface area contributed by atoms with Crippen LogP contribution in [0.5, 0.6) is 0 Å². The standard InChI is InChI=1S/C24H12F2O4/c25-21-14-20(12-6-16-3-9-18(10-4-16)24(29)30)22(26)13-19(21)11-5-15-1-7-17(8-2-15)23(27)28/h1-4,7-10,13-14H,(H,27,28)(H,29,30). The van der Waals surface area contributed by atoms with E-state index in [1.165, 1.54) is 48.5 Å². The number of carboxylic acids is 2. The van der Waals surface area contributed by atoms with Crippen molar-refractivity contribution in [2.24, 2.45) is 0 Å². The summed E-state index contributed by atoms with van der Waals surface area (Å²) < 4.78 is 28.6. The first-order valence-electron chi connectivity index (χ1n) is 8.53. The third kappa shape index (κ3) is 4.89. The van der Waals surface area contributed by atoms with Crippen LogP contribution in [-0.4, -0.2) is 22.2 Å². The van der Waals surface area contributed by atoms with Crippen molar-refractivity contribution in [2.75, 3.05) is 0 Å². The second-order valence-corrected chi connectivity index (χ2v) is 6.08. The van der Waals surface area contributed by atoms with E-state index >= 15 is 0 Å². The van der Waals surface area contributed by atoms with Gasteiger partial charge >= 0.3 is 11.9 Å². The van der Waals surface area contributed by atoms with Crippen molar-refractivity contribution in [2.45, 2.75) is 0 Å². The molecular formula is C24H12F2O4. The highest BCUT2D eigenvalue weighted by molar-refractivity contribution is 5.88. The molecule has 0 heterocycles. The van der Waals surface area contributed by atoms with Gasteiger partial charge in [0.15, 0.2) is 0 Å². The number of aromatic carboxylic acids is 2. The van der Waals surface area contributed by atoms with Crippen LogP contribution in [0.25, 0.3) is 0 Å². The number of hydrogen-bond donors (Lipinski definition) is 2. The molecule has 3 aromatic carbocycles. The van der Waals surface area contributed by atoms with Crippen LogP contribution in [0.1, 0.15) is 43.0 Å². The van der Waals surface area contributed by atoms with E-state index in [9.17, 15) is 18.4 Å². The molecule has 30 heavy (non-hydrogen) atoms. The lowest BCUT2D eigenvalue weighted by molar-refractivity contribution is 0.0686. The lowest BCUT2D eigenvalue weighted by Crippen LogP contribution is -1.95. The van der Waals surface area contributed by atoms with Crippen LogP contribution < -0.4 is 0 Å². The van der Waals surface area contributed by atoms with Crippen molar-refractivity contribution in [3.63, 3.8) is 0 Å². The van der Waals surface area contributed by atoms with Gasteiger partial charge in [0, 0.05) is 11.1 Å². The quantitative estimate of drug-likeness (QED) is 0.632. The average molecular weight is 402 g/mol. The molecule has 2 N–H and O–H groups in total. The van der Waals surface area contributed by atoms with Gasteiger partial charge in [-0.3, -0.25) is 0 Å². The minimum absolute atomic E-state index is 0.0957. The first-order valence-corrected chi connectivity index (χ1v) is 8.53. The van der Waals surface area contributed by atoms with Crippen molar-refractivity contribution >= 4 is 11.9 Å². The highest BCUT2D eigenvalue weighted by Crippen LogP contribution is 2.14. The molecule has 4 nitrogen and oxygen atoms in total. The Bertz CT molecular complexity index is 1150. The minimum Gasteiger partial charge on any atom is -0.478 e. The maximum atomic E-state index is 14.3. The molecule has 0 amide bonds. The summed E-state index contributed by atoms with van der Waals surface area (Å²) in [6.07, 6.45) is 0. The number of benzene rings is 3. The maximum absolute atomic E-state index is 14.3. The Morgan fingerprint density at radius 2 is 0.933 bits per heavy atom. The zero-order valence-corrected chi connectivity index (χ0v) is 15.2. The van der Waals surface area contributed by atoms with Crippen molar-refractivity contribution in [3.8, 4) is 23.7 Å². The largest absolute Gasteiger partial charge is 0.478 e. The molecule has 0 atom stereocenters. The zero-order valence-electron chi connectivity index (χ0n) is 15.2. The predicted octanol–water partition coefficient (Wildman–Crippen LogP) is 4.16. The Morgan fingerprint density at radius 1 is 0.600 bits per heavy atom. The van der Waals surface area contributed by atoms with Crippen LogP contribution in [0.3, 0.4) is 0 Å². The SMILES string of the molecule is O=C(O)c1ccc(C#Cc2cc(F)c(C#Cc3ccc(C(=O)O)cc3)cc2F)cc1. The van der Waals surface area contributed by atoms with Crippen molar-refractivity contribution in [3.05, 3.63) is 106 Å². The Hall–Kier alpha value is -4.42. The van der Waals surface area contributed by atoms with E-state index in [2.05, 4.69) is 23.7 Å². The Balaban J connectivity index is 1.83. The number of rotatable bonds is 2. The fraction of sp³-hybridized carbons (Fsp3) is 0. The molecule has 0 aliphatic rings. The predicted molar refractivity (Wildman–Crippen MR) is 105 cm³/mol. The fourth-order valence-corrected chi connectivity index (χ4v) is 2.41. The number of halogens is 2. The first-order chi connectivity index (χ1) is 14.3. The summed E-state index contributed by atoms with van der Waals surface area (Å²) in [7, 11) is 0. The first kappa shape index (κ1) is 20.3. The number of carbonyl (C=O) groups is 2. The van der Waals surface area contributed by atoms with E-state index in [4.69, 9.17) is 10.2 Å². The second kappa shape index (κ2) is 8.72. The normalized spacial score (nSPS) is 9.67. The third-order valence-corrected chi connectivity index (χ3v) is 4.00. The van der Waals surface area contributed by atoms with Gasteiger partial charge in [-0.05, 0) is 60.7 Å². The molecule has 0 bridgehead atoms. The lowest BCUT2D eigenvalue weighted by atomic mass is 10.1. The van der Waals surface area contributed by atoms with Crippen LogP contribution >= 0.6 is 0 Å². The van der Waals surface area contributed by atoms with Gasteiger partial charge < -0.3 is 10.2 Å². The van der Waals surface area contributed by atoms with Gasteiger partial charge in [0.25, 0.3) is 0 Å². The minimum atomic E-state index is -1.07. The molecule has 146 valence electrons. The van der Waals surface area contributed by atoms with Gasteiger partial charge in [0.2, 0.25) is 0 Å². The van der Waals surface area contributed by atoms with Crippen molar-refractivity contribution in [1.29, 1.82) is 0 Å². The summed E-state index contributed by atoms with van der Waals surface area (Å²) in [5.41, 5.74) is 0.774. The van der Waals surface area contributed by atoms with Crippen LogP contribution in [0, 0.1) is 35.3 Å². The summed E-state index contributed by atoms with van der Waals surface area (Å²) in [6, 6.07) is 13.2. The van der Waals surface area contributed by atoms with E-state index < -0.39 is 23.6 Å². The Morgan fingerprint density at radius 3 is 1.23 bits per heavy atom. The van der Waals surface area contributed by atoms with E-state index in [0.29, 0.717) is 11.1 Å². The van der Waals surface area contributed by atoms with Gasteiger partial charge in [-0.1, -0.05) is 23.7 Å². The van der Waals surface area contributed by atoms with Crippen LogP contribution in [-0.2, 0) is 0 Å². The van der Waals surface area contributed by atoms with Crippen LogP contribution in [0.2, 0.25) is 0 Å². The maximum Gasteiger partial charge on any atom is 0.335 e. The van der Waals surface area contributed by atoms with Gasteiger partial charge in [-0.2, -0.15) is 0 Å². The lowest BCUT2D eigenvalue weighted by Gasteiger charge is -1.99. The third-order valence-electron chi connectivity index (χ3n) is 4.00. The van der Waals surface area contributed by atoms with Crippen LogP contribution in [0.4, 0.5) is 8.78 Å². The molecule has 3 aromatic rings. The molecule has 0 fully saturated rings. The molecule has 0 saturated heterocycles. The molecule has 0 unspecified atom stereocenters. The monoisotopic (exact) mass is 402 g/mol. The van der Waals surface area contributed by atoms with E-state index in [0.717, 1.165) is 12.1 Å². The molecule has 0 aliphatic heterocycles. The average Bonchev–Trinajstić information content (AvgIpc) is 2.73. The highest BCUT2D eigenvalue weighted by Gasteiger charge is 2.07. The van der Waals surface area contributed by atoms with Crippen molar-refractivity contribution < 1.29 is 28.6 Å². The highest BCUT2D eigenvalue weighted by atomic mass is 19.1. The van der Waals surface area contributed by atoms with Gasteiger partial charge in [-0.25, -0.2) is 18.4 Å². The molecule has 0 radical (unpaired) electrons. The van der Waals surface area contributed by atoms with Crippen LogP contribution in [0.15, 0.2) is 60.7 Å². The van der Waals surface area contributed by atoms with E-state index in [1.807, 2.05) is 0 Å². The molecular weight excluding hydrogens is 390 g/mol. The van der Waals surface area contributed by atoms with Gasteiger partial charge in [0.1, 0.15) is 11.6 Å². The summed E-state index contributed by atoms with van der Waals surface area (Å²) in [6.45, 7) is 0. The van der Waals surface area contributed by atoms with Crippen molar-refractivity contribution in [1.82, 2.24) is 0 Å². The van der Waals surface area contributed by atoms with Gasteiger partial charge in [-0.15, -0.1) is 0 Å². The summed E-state index contributed by atoms with van der Waals surface area (Å²) in [5, 5.41) is 17.7. The molecule has 6 heteroatoms. The Kier molecular flexibility index (Phi) is 5.91. The molecule has 0 aliphatic carbocycles. The smallest absolute Gasteiger partial charge is 0.335 e. The summed E-state index contributed by atoms with van der Waals surface area (Å²) >= 11 is 0. The molecule has 0 spiro atoms. The fourth-order valence-electron chi connectivity index (χ4n) is 2.41. The zero-order chi connectivity index (χ0) is 21.7. The van der Waals surface area contributed by atoms with E-state index in [-0.39, 0.29) is 22.3 Å². The number of hydrogen-bond acceptors (Lipinski definition) is 2. The summed E-state index contributed by atoms with van der Waals surface area (Å²) in [4.78, 5) is 21.7. The Labute approximate surface area is 170 Å².